The molecule has 6 nitrogen and oxygen atoms in total. The Balaban J connectivity index is 0.00000242. The van der Waals surface area contributed by atoms with Crippen LogP contribution in [0.25, 0.3) is 0 Å². The number of carbonyl (C=O) groups is 1. The van der Waals surface area contributed by atoms with Crippen molar-refractivity contribution >= 4 is 18.4 Å². The molecule has 1 atom stereocenters. The van der Waals surface area contributed by atoms with Crippen LogP contribution in [0, 0.1) is 0 Å². The van der Waals surface area contributed by atoms with Gasteiger partial charge in [-0.2, -0.15) is 0 Å². The average molecular weight is 331 g/mol. The summed E-state index contributed by atoms with van der Waals surface area (Å²) in [4.78, 5) is 13.2. The minimum atomic E-state index is -0.466. The van der Waals surface area contributed by atoms with E-state index in [2.05, 4.69) is 10.2 Å². The molecule has 0 bridgehead atoms. The fourth-order valence-electron chi connectivity index (χ4n) is 2.66. The third-order valence-corrected chi connectivity index (χ3v) is 3.62. The summed E-state index contributed by atoms with van der Waals surface area (Å²) in [6, 6.07) is 5.09. The van der Waals surface area contributed by atoms with Crippen molar-refractivity contribution in [2.24, 2.45) is 0 Å². The molecule has 0 aliphatic carbocycles. The smallest absolute Gasteiger partial charge is 0.308 e. The van der Waals surface area contributed by atoms with E-state index in [1.807, 2.05) is 6.07 Å². The van der Waals surface area contributed by atoms with Crippen molar-refractivity contribution in [1.82, 2.24) is 10.2 Å². The van der Waals surface area contributed by atoms with Crippen molar-refractivity contribution in [3.05, 3.63) is 23.8 Å². The van der Waals surface area contributed by atoms with Crippen LogP contribution >= 0.6 is 12.4 Å². The number of aliphatic hydroxyl groups is 1. The molecule has 1 heterocycles. The average Bonchev–Trinajstić information content (AvgIpc) is 2.47. The second kappa shape index (κ2) is 8.95. The number of phenolic OH excluding ortho intramolecular Hbond substituents is 1. The van der Waals surface area contributed by atoms with Gasteiger partial charge in [-0.3, -0.25) is 9.69 Å². The molecule has 124 valence electrons. The standard InChI is InChI=1S/C15H22N2O4.ClH/c1-11(19)21-15-3-2-12(10-14(15)20)13(4-9-18)17-7-5-16-6-8-17;/h2-3,10,13,16,18,20H,4-9H2,1H3;1H/t13-;/m1./s1. The number of benzene rings is 1. The van der Waals surface area contributed by atoms with E-state index >= 15 is 0 Å². The first-order chi connectivity index (χ1) is 10.1. The molecule has 0 unspecified atom stereocenters. The molecule has 1 aliphatic rings. The van der Waals surface area contributed by atoms with E-state index in [9.17, 15) is 15.0 Å². The Morgan fingerprint density at radius 1 is 1.41 bits per heavy atom. The Bertz CT molecular complexity index is 492. The molecular weight excluding hydrogens is 308 g/mol. The van der Waals surface area contributed by atoms with Gasteiger partial charge in [-0.25, -0.2) is 0 Å². The molecule has 0 saturated carbocycles. The Morgan fingerprint density at radius 3 is 2.64 bits per heavy atom. The van der Waals surface area contributed by atoms with Gasteiger partial charge in [-0.15, -0.1) is 12.4 Å². The van der Waals surface area contributed by atoms with Gasteiger partial charge in [0.15, 0.2) is 11.5 Å². The van der Waals surface area contributed by atoms with Gasteiger partial charge < -0.3 is 20.3 Å². The summed E-state index contributed by atoms with van der Waals surface area (Å²) < 4.78 is 4.92. The molecule has 3 N–H and O–H groups in total. The van der Waals surface area contributed by atoms with Crippen LogP contribution in [0.5, 0.6) is 11.5 Å². The molecule has 0 radical (unpaired) electrons. The number of aromatic hydroxyl groups is 1. The molecule has 1 fully saturated rings. The lowest BCUT2D eigenvalue weighted by atomic mass is 10.0. The Morgan fingerprint density at radius 2 is 2.09 bits per heavy atom. The van der Waals surface area contributed by atoms with E-state index in [1.54, 1.807) is 12.1 Å². The Labute approximate surface area is 136 Å². The van der Waals surface area contributed by atoms with Gasteiger partial charge in [0.25, 0.3) is 0 Å². The van der Waals surface area contributed by atoms with Crippen LogP contribution in [0.1, 0.15) is 24.9 Å². The first-order valence-corrected chi connectivity index (χ1v) is 7.18. The van der Waals surface area contributed by atoms with E-state index in [-0.39, 0.29) is 36.6 Å². The second-order valence-corrected chi connectivity index (χ2v) is 5.13. The van der Waals surface area contributed by atoms with E-state index in [0.29, 0.717) is 6.42 Å². The number of hydrogen-bond donors (Lipinski definition) is 3. The number of esters is 1. The maximum Gasteiger partial charge on any atom is 0.308 e. The normalized spacial score (nSPS) is 16.6. The highest BCUT2D eigenvalue weighted by molar-refractivity contribution is 5.85. The lowest BCUT2D eigenvalue weighted by Gasteiger charge is -2.35. The third kappa shape index (κ3) is 4.84. The van der Waals surface area contributed by atoms with Crippen LogP contribution in [0.15, 0.2) is 18.2 Å². The number of nitrogens with one attached hydrogen (secondary N) is 1. The summed E-state index contributed by atoms with van der Waals surface area (Å²) in [5, 5.41) is 22.6. The zero-order valence-corrected chi connectivity index (χ0v) is 13.4. The number of carbonyl (C=O) groups excluding carboxylic acids is 1. The Hall–Kier alpha value is -1.34. The van der Waals surface area contributed by atoms with Gasteiger partial charge in [0.1, 0.15) is 0 Å². The van der Waals surface area contributed by atoms with Crippen LogP contribution in [-0.2, 0) is 4.79 Å². The van der Waals surface area contributed by atoms with E-state index in [4.69, 9.17) is 4.74 Å². The number of halogens is 1. The summed E-state index contributed by atoms with van der Waals surface area (Å²) in [5.41, 5.74) is 0.916. The zero-order chi connectivity index (χ0) is 15.2. The van der Waals surface area contributed by atoms with Gasteiger partial charge in [0.05, 0.1) is 0 Å². The lowest BCUT2D eigenvalue weighted by Crippen LogP contribution is -2.45. The monoisotopic (exact) mass is 330 g/mol. The highest BCUT2D eigenvalue weighted by Crippen LogP contribution is 2.32. The highest BCUT2D eigenvalue weighted by Gasteiger charge is 2.22. The van der Waals surface area contributed by atoms with Crippen LogP contribution in [-0.4, -0.2) is 53.9 Å². The minimum Gasteiger partial charge on any atom is -0.504 e. The van der Waals surface area contributed by atoms with Crippen molar-refractivity contribution in [2.45, 2.75) is 19.4 Å². The fourth-order valence-corrected chi connectivity index (χ4v) is 2.66. The van der Waals surface area contributed by atoms with Gasteiger partial charge >= 0.3 is 5.97 Å². The molecule has 1 aliphatic heterocycles. The molecule has 1 aromatic carbocycles. The van der Waals surface area contributed by atoms with Crippen LogP contribution in [0.2, 0.25) is 0 Å². The predicted octanol–water partition coefficient (Wildman–Crippen LogP) is 1.07. The Kier molecular flexibility index (Phi) is 7.61. The first-order valence-electron chi connectivity index (χ1n) is 7.18. The van der Waals surface area contributed by atoms with Crippen LogP contribution in [0.3, 0.4) is 0 Å². The second-order valence-electron chi connectivity index (χ2n) is 5.13. The fraction of sp³-hybridized carbons (Fsp3) is 0.533. The number of aliphatic hydroxyl groups excluding tert-OH is 1. The maximum absolute atomic E-state index is 11.0. The summed E-state index contributed by atoms with van der Waals surface area (Å²) in [7, 11) is 0. The van der Waals surface area contributed by atoms with Gasteiger partial charge in [0, 0.05) is 45.8 Å². The van der Waals surface area contributed by atoms with Crippen molar-refractivity contribution in [2.75, 3.05) is 32.8 Å². The summed E-state index contributed by atoms with van der Waals surface area (Å²) in [6.45, 7) is 5.01. The van der Waals surface area contributed by atoms with E-state index in [1.165, 1.54) is 6.92 Å². The SMILES string of the molecule is CC(=O)Oc1ccc([C@@H](CCO)N2CCNCC2)cc1O.Cl. The van der Waals surface area contributed by atoms with Crippen molar-refractivity contribution in [3.63, 3.8) is 0 Å². The molecule has 7 heteroatoms. The summed E-state index contributed by atoms with van der Waals surface area (Å²) >= 11 is 0. The molecule has 1 aromatic rings. The summed E-state index contributed by atoms with van der Waals surface area (Å²) in [6.07, 6.45) is 0.604. The molecule has 22 heavy (non-hydrogen) atoms. The molecule has 0 amide bonds. The minimum absolute atomic E-state index is 0. The lowest BCUT2D eigenvalue weighted by molar-refractivity contribution is -0.132. The van der Waals surface area contributed by atoms with Gasteiger partial charge in [0.2, 0.25) is 0 Å². The van der Waals surface area contributed by atoms with E-state index in [0.717, 1.165) is 31.7 Å². The number of nitrogens with zero attached hydrogens (tertiary/aromatic N) is 1. The largest absolute Gasteiger partial charge is 0.504 e. The predicted molar refractivity (Wildman–Crippen MR) is 85.6 cm³/mol. The van der Waals surface area contributed by atoms with Gasteiger partial charge in [-0.05, 0) is 24.1 Å². The zero-order valence-electron chi connectivity index (χ0n) is 12.6. The van der Waals surface area contributed by atoms with E-state index < -0.39 is 5.97 Å². The molecule has 0 aromatic heterocycles. The van der Waals surface area contributed by atoms with Crippen LogP contribution in [0.4, 0.5) is 0 Å². The number of rotatable bonds is 5. The van der Waals surface area contributed by atoms with Gasteiger partial charge in [-0.1, -0.05) is 6.07 Å². The third-order valence-electron chi connectivity index (χ3n) is 3.62. The number of ether oxygens (including phenoxy) is 1. The van der Waals surface area contributed by atoms with Crippen molar-refractivity contribution in [1.29, 1.82) is 0 Å². The highest BCUT2D eigenvalue weighted by atomic mass is 35.5. The van der Waals surface area contributed by atoms with Crippen molar-refractivity contribution in [3.8, 4) is 11.5 Å². The molecule has 0 spiro atoms. The number of piperazine rings is 1. The van der Waals surface area contributed by atoms with Crippen molar-refractivity contribution < 1.29 is 19.7 Å². The molecule has 1 saturated heterocycles. The maximum atomic E-state index is 11.0. The summed E-state index contributed by atoms with van der Waals surface area (Å²) in [5.74, 6) is -0.359. The topological polar surface area (TPSA) is 82.0 Å². The number of hydrogen-bond acceptors (Lipinski definition) is 6. The van der Waals surface area contributed by atoms with Crippen LogP contribution < -0.4 is 10.1 Å². The first kappa shape index (κ1) is 18.7. The molecular formula is C15H23ClN2O4. The quantitative estimate of drug-likeness (QED) is 0.553. The molecule has 2 rings (SSSR count). The number of phenols is 1.